The number of hydrogen-bond donors (Lipinski definition) is 1. The summed E-state index contributed by atoms with van der Waals surface area (Å²) in [5.74, 6) is 0. The van der Waals surface area contributed by atoms with Gasteiger partial charge in [-0.1, -0.05) is 29.8 Å². The highest BCUT2D eigenvalue weighted by molar-refractivity contribution is 7.15. The third kappa shape index (κ3) is 3.14. The number of alkyl halides is 2. The normalized spacial score (nSPS) is 10.8. The van der Waals surface area contributed by atoms with E-state index < -0.39 is 6.43 Å². The van der Waals surface area contributed by atoms with Crippen LogP contribution in [0.2, 0.25) is 4.47 Å². The molecule has 0 unspecified atom stereocenters. The number of hydrogen-bond acceptors (Lipinski definition) is 3. The lowest BCUT2D eigenvalue weighted by Crippen LogP contribution is -2.01. The minimum absolute atomic E-state index is 0.00288. The minimum Gasteiger partial charge on any atom is -0.380 e. The Morgan fingerprint density at radius 2 is 2.12 bits per heavy atom. The first-order valence-electron chi connectivity index (χ1n) is 4.88. The van der Waals surface area contributed by atoms with Gasteiger partial charge in [-0.15, -0.1) is 11.3 Å². The second-order valence-electron chi connectivity index (χ2n) is 3.32. The van der Waals surface area contributed by atoms with Crippen LogP contribution in [-0.4, -0.2) is 4.98 Å². The molecule has 0 atom stereocenters. The van der Waals surface area contributed by atoms with E-state index in [1.807, 2.05) is 0 Å². The van der Waals surface area contributed by atoms with Crippen molar-refractivity contribution in [3.8, 4) is 0 Å². The molecule has 6 heteroatoms. The molecule has 0 saturated carbocycles. The Balaban J connectivity index is 2.08. The third-order valence-electron chi connectivity index (χ3n) is 2.17. The Morgan fingerprint density at radius 3 is 2.76 bits per heavy atom. The molecular weight excluding hydrogens is 266 g/mol. The molecule has 90 valence electrons. The van der Waals surface area contributed by atoms with E-state index in [0.717, 1.165) is 4.88 Å². The quantitative estimate of drug-likeness (QED) is 0.897. The van der Waals surface area contributed by atoms with Crippen molar-refractivity contribution in [2.24, 2.45) is 0 Å². The maximum Gasteiger partial charge on any atom is 0.265 e. The van der Waals surface area contributed by atoms with Gasteiger partial charge >= 0.3 is 0 Å². The molecule has 1 heterocycles. The lowest BCUT2D eigenvalue weighted by molar-refractivity contribution is 0.152. The van der Waals surface area contributed by atoms with Crippen LogP contribution in [0.15, 0.2) is 30.5 Å². The average Bonchev–Trinajstić information content (AvgIpc) is 2.73. The van der Waals surface area contributed by atoms with Gasteiger partial charge < -0.3 is 5.32 Å². The first-order chi connectivity index (χ1) is 8.16. The molecule has 2 nitrogen and oxygen atoms in total. The molecule has 0 spiro atoms. The number of rotatable bonds is 4. The Morgan fingerprint density at radius 1 is 1.35 bits per heavy atom. The number of para-hydroxylation sites is 1. The zero-order valence-electron chi connectivity index (χ0n) is 8.66. The molecule has 2 aromatic rings. The fourth-order valence-electron chi connectivity index (χ4n) is 1.40. The molecular formula is C11H9ClF2N2S. The number of anilines is 1. The van der Waals surface area contributed by atoms with Crippen molar-refractivity contribution in [1.29, 1.82) is 0 Å². The molecule has 0 saturated heterocycles. The highest BCUT2D eigenvalue weighted by atomic mass is 35.5. The molecule has 0 bridgehead atoms. The van der Waals surface area contributed by atoms with Crippen LogP contribution in [0.5, 0.6) is 0 Å². The van der Waals surface area contributed by atoms with Crippen LogP contribution in [0.4, 0.5) is 14.5 Å². The van der Waals surface area contributed by atoms with Crippen LogP contribution < -0.4 is 5.32 Å². The van der Waals surface area contributed by atoms with E-state index >= 15 is 0 Å². The van der Waals surface area contributed by atoms with Crippen LogP contribution in [-0.2, 0) is 6.54 Å². The first-order valence-corrected chi connectivity index (χ1v) is 6.07. The first kappa shape index (κ1) is 12.3. The van der Waals surface area contributed by atoms with E-state index in [2.05, 4.69) is 10.3 Å². The van der Waals surface area contributed by atoms with E-state index in [9.17, 15) is 8.78 Å². The van der Waals surface area contributed by atoms with Crippen molar-refractivity contribution >= 4 is 28.6 Å². The molecule has 0 aliphatic rings. The Hall–Kier alpha value is -1.20. The van der Waals surface area contributed by atoms with Gasteiger partial charge in [0.2, 0.25) is 0 Å². The SMILES string of the molecule is FC(F)c1ccccc1NCc1cnc(Cl)s1. The zero-order valence-corrected chi connectivity index (χ0v) is 10.2. The summed E-state index contributed by atoms with van der Waals surface area (Å²) in [5, 5.41) is 2.96. The number of nitrogens with zero attached hydrogens (tertiary/aromatic N) is 1. The van der Waals surface area contributed by atoms with E-state index in [-0.39, 0.29) is 5.56 Å². The smallest absolute Gasteiger partial charge is 0.265 e. The van der Waals surface area contributed by atoms with Gasteiger partial charge in [-0.2, -0.15) is 0 Å². The topological polar surface area (TPSA) is 24.9 Å². The number of nitrogens with one attached hydrogen (secondary N) is 1. The van der Waals surface area contributed by atoms with E-state index in [1.165, 1.54) is 17.4 Å². The summed E-state index contributed by atoms with van der Waals surface area (Å²) in [6.07, 6.45) is -0.853. The molecule has 0 aliphatic heterocycles. The van der Waals surface area contributed by atoms with Crippen molar-refractivity contribution < 1.29 is 8.78 Å². The Labute approximate surface area is 106 Å². The Kier molecular flexibility index (Phi) is 3.91. The molecule has 0 fully saturated rings. The summed E-state index contributed by atoms with van der Waals surface area (Å²) in [4.78, 5) is 4.78. The lowest BCUT2D eigenvalue weighted by atomic mass is 10.2. The molecule has 0 aliphatic carbocycles. The summed E-state index contributed by atoms with van der Waals surface area (Å²) in [6, 6.07) is 6.35. The van der Waals surface area contributed by atoms with Gasteiger partial charge in [0.05, 0.1) is 6.54 Å². The van der Waals surface area contributed by atoms with Crippen molar-refractivity contribution in [3.05, 3.63) is 45.4 Å². The molecule has 0 amide bonds. The highest BCUT2D eigenvalue weighted by Crippen LogP contribution is 2.27. The van der Waals surface area contributed by atoms with Crippen molar-refractivity contribution in [2.75, 3.05) is 5.32 Å². The molecule has 1 aromatic carbocycles. The number of aromatic nitrogens is 1. The standard InChI is InChI=1S/C11H9ClF2N2S/c12-11-16-6-7(17-11)5-15-9-4-2-1-3-8(9)10(13)14/h1-4,6,10,15H,5H2. The van der Waals surface area contributed by atoms with Crippen molar-refractivity contribution in [1.82, 2.24) is 4.98 Å². The Bertz CT molecular complexity index is 502. The average molecular weight is 275 g/mol. The second kappa shape index (κ2) is 5.42. The zero-order chi connectivity index (χ0) is 12.3. The third-order valence-corrected chi connectivity index (χ3v) is 3.29. The van der Waals surface area contributed by atoms with Gasteiger partial charge in [-0.05, 0) is 6.07 Å². The van der Waals surface area contributed by atoms with Gasteiger partial charge in [0.1, 0.15) is 0 Å². The minimum atomic E-state index is -2.48. The van der Waals surface area contributed by atoms with E-state index in [4.69, 9.17) is 11.6 Å². The van der Waals surface area contributed by atoms with Gasteiger partial charge in [0.25, 0.3) is 6.43 Å². The fraction of sp³-hybridized carbons (Fsp3) is 0.182. The number of halogens is 3. The maximum absolute atomic E-state index is 12.7. The van der Waals surface area contributed by atoms with Gasteiger partial charge in [-0.3, -0.25) is 0 Å². The van der Waals surface area contributed by atoms with E-state index in [1.54, 1.807) is 24.4 Å². The molecule has 17 heavy (non-hydrogen) atoms. The van der Waals surface area contributed by atoms with Crippen molar-refractivity contribution in [3.63, 3.8) is 0 Å². The molecule has 0 radical (unpaired) electrons. The number of thiazole rings is 1. The van der Waals surface area contributed by atoms with Crippen LogP contribution in [0, 0.1) is 0 Å². The van der Waals surface area contributed by atoms with Gasteiger partial charge in [0, 0.05) is 22.3 Å². The predicted molar refractivity (Wildman–Crippen MR) is 65.8 cm³/mol. The molecule has 1 N–H and O–H groups in total. The van der Waals surface area contributed by atoms with Crippen LogP contribution >= 0.6 is 22.9 Å². The van der Waals surface area contributed by atoms with Crippen LogP contribution in [0.25, 0.3) is 0 Å². The maximum atomic E-state index is 12.7. The van der Waals surface area contributed by atoms with Gasteiger partial charge in [-0.25, -0.2) is 13.8 Å². The van der Waals surface area contributed by atoms with Gasteiger partial charge in [0.15, 0.2) is 4.47 Å². The molecule has 2 rings (SSSR count). The lowest BCUT2D eigenvalue weighted by Gasteiger charge is -2.10. The van der Waals surface area contributed by atoms with Crippen LogP contribution in [0.1, 0.15) is 16.9 Å². The highest BCUT2D eigenvalue weighted by Gasteiger charge is 2.11. The van der Waals surface area contributed by atoms with Crippen LogP contribution in [0.3, 0.4) is 0 Å². The summed E-state index contributed by atoms with van der Waals surface area (Å²) >= 11 is 7.01. The monoisotopic (exact) mass is 274 g/mol. The largest absolute Gasteiger partial charge is 0.380 e. The summed E-state index contributed by atoms with van der Waals surface area (Å²) in [5.41, 5.74) is 0.440. The summed E-state index contributed by atoms with van der Waals surface area (Å²) in [6.45, 7) is 0.439. The fourth-order valence-corrected chi connectivity index (χ4v) is 2.31. The van der Waals surface area contributed by atoms with Crippen molar-refractivity contribution in [2.45, 2.75) is 13.0 Å². The number of benzene rings is 1. The molecule has 1 aromatic heterocycles. The summed E-state index contributed by atoms with van der Waals surface area (Å²) in [7, 11) is 0. The predicted octanol–water partition coefficient (Wildman–Crippen LogP) is 4.35. The summed E-state index contributed by atoms with van der Waals surface area (Å²) < 4.78 is 25.8. The van der Waals surface area contributed by atoms with E-state index in [0.29, 0.717) is 16.7 Å². The second-order valence-corrected chi connectivity index (χ2v) is 5.02.